The maximum absolute atomic E-state index is 5.99. The van der Waals surface area contributed by atoms with Crippen molar-refractivity contribution >= 4 is 17.4 Å². The molecule has 0 spiro atoms. The number of ether oxygens (including phenoxy) is 1. The number of morpholine rings is 1. The maximum Gasteiger partial charge on any atom is 0.134 e. The summed E-state index contributed by atoms with van der Waals surface area (Å²) in [6.45, 7) is 5.49. The minimum absolute atomic E-state index is 0.276. The van der Waals surface area contributed by atoms with Gasteiger partial charge < -0.3 is 9.64 Å². The number of hydrogen-bond donors (Lipinski definition) is 0. The Balaban J connectivity index is 1.82. The van der Waals surface area contributed by atoms with Crippen molar-refractivity contribution in [3.05, 3.63) is 17.0 Å². The standard InChI is InChI=1S/C12H17ClN4O/c1-8-14-11(13)5-12(15-8)17-6-9-10(7-17)18-4-3-16(9)2/h5,9-10H,3-4,6-7H2,1-2H3/t9-,10?/m0/s1. The molecule has 1 aromatic heterocycles. The summed E-state index contributed by atoms with van der Waals surface area (Å²) < 4.78 is 5.82. The number of fused-ring (bicyclic) bond motifs is 1. The summed E-state index contributed by atoms with van der Waals surface area (Å²) in [5.41, 5.74) is 0. The fourth-order valence-corrected chi connectivity index (χ4v) is 2.94. The van der Waals surface area contributed by atoms with Gasteiger partial charge in [0.1, 0.15) is 16.8 Å². The van der Waals surface area contributed by atoms with Gasteiger partial charge in [0.05, 0.1) is 18.8 Å². The lowest BCUT2D eigenvalue weighted by atomic mass is 10.1. The van der Waals surface area contributed by atoms with Crippen LogP contribution in [0.3, 0.4) is 0 Å². The lowest BCUT2D eigenvalue weighted by Gasteiger charge is -2.33. The molecule has 3 rings (SSSR count). The molecule has 0 N–H and O–H groups in total. The quantitative estimate of drug-likeness (QED) is 0.710. The molecule has 1 aromatic rings. The molecule has 0 bridgehead atoms. The third-order valence-electron chi connectivity index (χ3n) is 3.70. The van der Waals surface area contributed by atoms with Gasteiger partial charge in [-0.05, 0) is 14.0 Å². The first-order valence-corrected chi connectivity index (χ1v) is 6.59. The number of nitrogens with zero attached hydrogens (tertiary/aromatic N) is 4. The normalized spacial score (nSPS) is 28.5. The zero-order valence-corrected chi connectivity index (χ0v) is 11.4. The number of likely N-dealkylation sites (N-methyl/N-ethyl adjacent to an activating group) is 1. The molecule has 2 atom stereocenters. The van der Waals surface area contributed by atoms with Crippen LogP contribution in [0.5, 0.6) is 0 Å². The molecule has 6 heteroatoms. The Kier molecular flexibility index (Phi) is 3.13. The van der Waals surface area contributed by atoms with E-state index in [2.05, 4.69) is 26.8 Å². The summed E-state index contributed by atoms with van der Waals surface area (Å²) in [6, 6.07) is 2.28. The number of aromatic nitrogens is 2. The van der Waals surface area contributed by atoms with Gasteiger partial charge in [-0.1, -0.05) is 11.6 Å². The van der Waals surface area contributed by atoms with E-state index < -0.39 is 0 Å². The third kappa shape index (κ3) is 2.18. The lowest BCUT2D eigenvalue weighted by Crippen LogP contribution is -2.48. The van der Waals surface area contributed by atoms with Crippen molar-refractivity contribution in [3.63, 3.8) is 0 Å². The van der Waals surface area contributed by atoms with Crippen LogP contribution in [0.4, 0.5) is 5.82 Å². The highest BCUT2D eigenvalue weighted by atomic mass is 35.5. The smallest absolute Gasteiger partial charge is 0.134 e. The Morgan fingerprint density at radius 3 is 2.94 bits per heavy atom. The predicted octanol–water partition coefficient (Wildman–Crippen LogP) is 0.958. The Morgan fingerprint density at radius 1 is 1.39 bits per heavy atom. The Labute approximate surface area is 112 Å². The van der Waals surface area contributed by atoms with Gasteiger partial charge >= 0.3 is 0 Å². The van der Waals surface area contributed by atoms with Crippen LogP contribution in [0.25, 0.3) is 0 Å². The van der Waals surface area contributed by atoms with Gasteiger partial charge in [-0.3, -0.25) is 4.90 Å². The van der Waals surface area contributed by atoms with Crippen molar-refractivity contribution in [1.82, 2.24) is 14.9 Å². The molecule has 2 aliphatic heterocycles. The summed E-state index contributed by atoms with van der Waals surface area (Å²) in [7, 11) is 2.15. The molecule has 0 radical (unpaired) electrons. The van der Waals surface area contributed by atoms with Gasteiger partial charge in [0.15, 0.2) is 0 Å². The topological polar surface area (TPSA) is 41.5 Å². The van der Waals surface area contributed by atoms with Crippen LogP contribution in [0.1, 0.15) is 5.82 Å². The minimum Gasteiger partial charge on any atom is -0.373 e. The SMILES string of the molecule is Cc1nc(Cl)cc(N2CC3OCCN(C)[C@H]3C2)n1. The molecule has 0 aliphatic carbocycles. The van der Waals surface area contributed by atoms with E-state index >= 15 is 0 Å². The Morgan fingerprint density at radius 2 is 2.22 bits per heavy atom. The molecular weight excluding hydrogens is 252 g/mol. The van der Waals surface area contributed by atoms with E-state index in [1.54, 1.807) is 0 Å². The Bertz CT molecular complexity index is 435. The second-order valence-electron chi connectivity index (χ2n) is 4.96. The number of aryl methyl sites for hydroxylation is 1. The zero-order valence-electron chi connectivity index (χ0n) is 10.6. The van der Waals surface area contributed by atoms with Crippen LogP contribution in [-0.4, -0.2) is 60.3 Å². The van der Waals surface area contributed by atoms with E-state index in [1.807, 2.05) is 13.0 Å². The minimum atomic E-state index is 0.276. The summed E-state index contributed by atoms with van der Waals surface area (Å²) in [5, 5.41) is 0.502. The van der Waals surface area contributed by atoms with Crippen molar-refractivity contribution in [2.24, 2.45) is 0 Å². The number of anilines is 1. The second-order valence-corrected chi connectivity index (χ2v) is 5.35. The Hall–Kier alpha value is -0.910. The molecule has 2 saturated heterocycles. The monoisotopic (exact) mass is 268 g/mol. The molecule has 3 heterocycles. The predicted molar refractivity (Wildman–Crippen MR) is 70.2 cm³/mol. The molecule has 2 fully saturated rings. The van der Waals surface area contributed by atoms with E-state index in [9.17, 15) is 0 Å². The highest BCUT2D eigenvalue weighted by Gasteiger charge is 2.39. The molecule has 5 nitrogen and oxygen atoms in total. The van der Waals surface area contributed by atoms with Crippen LogP contribution < -0.4 is 4.90 Å². The first kappa shape index (κ1) is 12.1. The molecule has 0 amide bonds. The molecule has 18 heavy (non-hydrogen) atoms. The van der Waals surface area contributed by atoms with Gasteiger partial charge in [0, 0.05) is 25.7 Å². The second kappa shape index (κ2) is 4.64. The van der Waals surface area contributed by atoms with Crippen LogP contribution in [0.15, 0.2) is 6.07 Å². The molecule has 1 unspecified atom stereocenters. The maximum atomic E-state index is 5.99. The van der Waals surface area contributed by atoms with Crippen molar-refractivity contribution in [2.45, 2.75) is 19.1 Å². The average Bonchev–Trinajstić information content (AvgIpc) is 2.73. The van der Waals surface area contributed by atoms with Gasteiger partial charge in [-0.25, -0.2) is 9.97 Å². The van der Waals surface area contributed by atoms with Crippen molar-refractivity contribution in [3.8, 4) is 0 Å². The van der Waals surface area contributed by atoms with Crippen molar-refractivity contribution < 1.29 is 4.74 Å². The van der Waals surface area contributed by atoms with Gasteiger partial charge in [0.2, 0.25) is 0 Å². The van der Waals surface area contributed by atoms with E-state index in [0.29, 0.717) is 17.0 Å². The van der Waals surface area contributed by atoms with E-state index in [4.69, 9.17) is 16.3 Å². The van der Waals surface area contributed by atoms with Crippen molar-refractivity contribution in [1.29, 1.82) is 0 Å². The first-order valence-electron chi connectivity index (χ1n) is 6.21. The number of halogens is 1. The molecular formula is C12H17ClN4O. The fourth-order valence-electron chi connectivity index (χ4n) is 2.72. The highest BCUT2D eigenvalue weighted by Crippen LogP contribution is 2.26. The van der Waals surface area contributed by atoms with Crippen molar-refractivity contribution in [2.75, 3.05) is 38.2 Å². The van der Waals surface area contributed by atoms with Crippen LogP contribution in [0.2, 0.25) is 5.15 Å². The van der Waals surface area contributed by atoms with E-state index in [-0.39, 0.29) is 6.10 Å². The van der Waals surface area contributed by atoms with Gasteiger partial charge in [0.25, 0.3) is 0 Å². The molecule has 0 aromatic carbocycles. The number of hydrogen-bond acceptors (Lipinski definition) is 5. The van der Waals surface area contributed by atoms with Crippen LogP contribution >= 0.6 is 11.6 Å². The molecule has 0 saturated carbocycles. The van der Waals surface area contributed by atoms with E-state index in [1.165, 1.54) is 0 Å². The third-order valence-corrected chi connectivity index (χ3v) is 3.89. The van der Waals surface area contributed by atoms with E-state index in [0.717, 1.165) is 32.1 Å². The molecule has 2 aliphatic rings. The summed E-state index contributed by atoms with van der Waals surface area (Å²) in [4.78, 5) is 13.2. The number of rotatable bonds is 1. The first-order chi connectivity index (χ1) is 8.63. The van der Waals surface area contributed by atoms with Gasteiger partial charge in [-0.2, -0.15) is 0 Å². The van der Waals surface area contributed by atoms with Gasteiger partial charge in [-0.15, -0.1) is 0 Å². The lowest BCUT2D eigenvalue weighted by molar-refractivity contribution is -0.0362. The largest absolute Gasteiger partial charge is 0.373 e. The summed E-state index contributed by atoms with van der Waals surface area (Å²) in [5.74, 6) is 1.61. The van der Waals surface area contributed by atoms with Crippen LogP contribution in [-0.2, 0) is 4.74 Å². The summed E-state index contributed by atoms with van der Waals surface area (Å²) >= 11 is 5.99. The fraction of sp³-hybridized carbons (Fsp3) is 0.667. The average molecular weight is 269 g/mol. The highest BCUT2D eigenvalue weighted by molar-refractivity contribution is 6.29. The molecule has 98 valence electrons. The zero-order chi connectivity index (χ0) is 12.7. The summed E-state index contributed by atoms with van der Waals surface area (Å²) in [6.07, 6.45) is 0.276. The van der Waals surface area contributed by atoms with Crippen LogP contribution in [0, 0.1) is 6.92 Å².